The number of benzene rings is 2. The van der Waals surface area contributed by atoms with Gasteiger partial charge < -0.3 is 19.9 Å². The summed E-state index contributed by atoms with van der Waals surface area (Å²) in [6.07, 6.45) is 0. The Morgan fingerprint density at radius 2 is 1.86 bits per heavy atom. The lowest BCUT2D eigenvalue weighted by Gasteiger charge is -2.32. The molecule has 2 aromatic carbocycles. The smallest absolute Gasteiger partial charge is 0.282 e. The topological polar surface area (TPSA) is 47.2 Å². The highest BCUT2D eigenvalue weighted by molar-refractivity contribution is 5.93. The van der Waals surface area contributed by atoms with Crippen molar-refractivity contribution in [3.8, 4) is 5.75 Å². The molecule has 0 aliphatic carbocycles. The first-order valence-electron chi connectivity index (χ1n) is 9.54. The molecular formula is C21H27F2N3O2+2. The van der Waals surface area contributed by atoms with Gasteiger partial charge in [-0.3, -0.25) is 4.79 Å². The zero-order valence-corrected chi connectivity index (χ0v) is 16.2. The number of hydrogen-bond donors (Lipinski definition) is 3. The number of hydrogen-bond acceptors (Lipinski definition) is 2. The number of ether oxygens (including phenoxy) is 1. The Bertz CT molecular complexity index is 823. The van der Waals surface area contributed by atoms with E-state index in [1.54, 1.807) is 31.4 Å². The van der Waals surface area contributed by atoms with Gasteiger partial charge in [0.25, 0.3) is 5.91 Å². The number of halogens is 2. The van der Waals surface area contributed by atoms with Gasteiger partial charge in [-0.15, -0.1) is 0 Å². The third kappa shape index (κ3) is 4.85. The van der Waals surface area contributed by atoms with E-state index in [0.29, 0.717) is 12.3 Å². The molecule has 1 fully saturated rings. The Hall–Kier alpha value is -2.51. The lowest BCUT2D eigenvalue weighted by molar-refractivity contribution is -1.02. The highest BCUT2D eigenvalue weighted by atomic mass is 19.1. The molecule has 0 unspecified atom stereocenters. The van der Waals surface area contributed by atoms with Gasteiger partial charge in [-0.1, -0.05) is 12.1 Å². The molecule has 5 nitrogen and oxygen atoms in total. The SMILES string of the molecule is COc1ccc(F)cc1C[NH+]1CC[NH+]([C@H](C)C(=O)Nc2ccccc2F)CC1. The number of rotatable bonds is 6. The fourth-order valence-electron chi connectivity index (χ4n) is 3.68. The third-order valence-electron chi connectivity index (χ3n) is 5.42. The Kier molecular flexibility index (Phi) is 6.59. The van der Waals surface area contributed by atoms with Crippen molar-refractivity contribution in [2.75, 3.05) is 38.6 Å². The van der Waals surface area contributed by atoms with Gasteiger partial charge in [0.1, 0.15) is 50.1 Å². The molecule has 7 heteroatoms. The molecule has 1 saturated heterocycles. The van der Waals surface area contributed by atoms with Crippen LogP contribution in [0.2, 0.25) is 0 Å². The van der Waals surface area contributed by atoms with E-state index in [0.717, 1.165) is 31.7 Å². The van der Waals surface area contributed by atoms with Gasteiger partial charge in [0.05, 0.1) is 18.4 Å². The molecule has 0 spiro atoms. The second-order valence-electron chi connectivity index (χ2n) is 7.23. The molecule has 0 saturated carbocycles. The minimum atomic E-state index is -0.434. The van der Waals surface area contributed by atoms with E-state index >= 15 is 0 Å². The molecule has 28 heavy (non-hydrogen) atoms. The summed E-state index contributed by atoms with van der Waals surface area (Å²) in [6, 6.07) is 10.5. The van der Waals surface area contributed by atoms with Gasteiger partial charge in [0.2, 0.25) is 0 Å². The largest absolute Gasteiger partial charge is 0.496 e. The minimum Gasteiger partial charge on any atom is -0.496 e. The Morgan fingerprint density at radius 3 is 2.54 bits per heavy atom. The van der Waals surface area contributed by atoms with Crippen molar-refractivity contribution in [3.63, 3.8) is 0 Å². The lowest BCUT2D eigenvalue weighted by atomic mass is 10.1. The van der Waals surface area contributed by atoms with Crippen molar-refractivity contribution in [1.82, 2.24) is 0 Å². The molecule has 3 N–H and O–H groups in total. The van der Waals surface area contributed by atoms with Crippen molar-refractivity contribution in [1.29, 1.82) is 0 Å². The predicted octanol–water partition coefficient (Wildman–Crippen LogP) is 0.284. The molecule has 0 bridgehead atoms. The van der Waals surface area contributed by atoms with Gasteiger partial charge in [-0.05, 0) is 37.3 Å². The molecule has 0 radical (unpaired) electrons. The fourth-order valence-corrected chi connectivity index (χ4v) is 3.68. The highest BCUT2D eigenvalue weighted by Crippen LogP contribution is 2.18. The van der Waals surface area contributed by atoms with Crippen molar-refractivity contribution in [3.05, 3.63) is 59.7 Å². The zero-order chi connectivity index (χ0) is 20.1. The molecule has 1 aliphatic rings. The quantitative estimate of drug-likeness (QED) is 0.663. The van der Waals surface area contributed by atoms with E-state index in [9.17, 15) is 13.6 Å². The minimum absolute atomic E-state index is 0.185. The first kappa shape index (κ1) is 20.2. The molecule has 1 amide bonds. The maximum atomic E-state index is 13.7. The van der Waals surface area contributed by atoms with Crippen LogP contribution in [0.5, 0.6) is 5.75 Å². The Balaban J connectivity index is 1.54. The fraction of sp³-hybridized carbons (Fsp3) is 0.381. The number of quaternary nitrogens is 2. The van der Waals surface area contributed by atoms with Crippen molar-refractivity contribution >= 4 is 11.6 Å². The van der Waals surface area contributed by atoms with E-state index in [4.69, 9.17) is 4.74 Å². The normalized spacial score (nSPS) is 20.4. The summed E-state index contributed by atoms with van der Waals surface area (Å²) in [4.78, 5) is 15.0. The number of anilines is 1. The maximum Gasteiger partial charge on any atom is 0.282 e. The van der Waals surface area contributed by atoms with Crippen LogP contribution < -0.4 is 19.9 Å². The van der Waals surface area contributed by atoms with Crippen LogP contribution in [-0.4, -0.2) is 45.2 Å². The first-order chi connectivity index (χ1) is 13.5. The number of amides is 1. The van der Waals surface area contributed by atoms with Gasteiger partial charge >= 0.3 is 0 Å². The van der Waals surface area contributed by atoms with Crippen LogP contribution in [0.4, 0.5) is 14.5 Å². The molecule has 1 heterocycles. The first-order valence-corrected chi connectivity index (χ1v) is 9.54. The Morgan fingerprint density at radius 1 is 1.14 bits per heavy atom. The number of piperazine rings is 1. The van der Waals surface area contributed by atoms with Crippen molar-refractivity contribution in [2.24, 2.45) is 0 Å². The second kappa shape index (κ2) is 9.12. The van der Waals surface area contributed by atoms with Gasteiger partial charge in [0.15, 0.2) is 6.04 Å². The van der Waals surface area contributed by atoms with E-state index in [1.165, 1.54) is 28.0 Å². The standard InChI is InChI=1S/C21H25F2N3O2/c1-15(21(27)24-19-6-4-3-5-18(19)23)26-11-9-25(10-12-26)14-16-13-17(22)7-8-20(16)28-2/h3-8,13,15H,9-12,14H2,1-2H3,(H,24,27)/p+2/t15-/m1/s1. The Labute approximate surface area is 163 Å². The molecule has 1 aliphatic heterocycles. The number of nitrogens with one attached hydrogen (secondary N) is 3. The summed E-state index contributed by atoms with van der Waals surface area (Å²) in [5.41, 5.74) is 1.06. The van der Waals surface area contributed by atoms with Crippen LogP contribution >= 0.6 is 0 Å². The van der Waals surface area contributed by atoms with Gasteiger partial charge in [-0.2, -0.15) is 0 Å². The van der Waals surface area contributed by atoms with Crippen molar-refractivity contribution < 1.29 is 28.1 Å². The average molecular weight is 391 g/mol. The summed E-state index contributed by atoms with van der Waals surface area (Å²) < 4.78 is 32.6. The van der Waals surface area contributed by atoms with Crippen LogP contribution in [-0.2, 0) is 11.3 Å². The number of carbonyl (C=O) groups excluding carboxylic acids is 1. The molecule has 1 atom stereocenters. The number of methoxy groups -OCH3 is 1. The summed E-state index contributed by atoms with van der Waals surface area (Å²) >= 11 is 0. The van der Waals surface area contributed by atoms with E-state index < -0.39 is 5.82 Å². The maximum absolute atomic E-state index is 13.7. The molecule has 3 rings (SSSR count). The zero-order valence-electron chi connectivity index (χ0n) is 16.2. The molecular weight excluding hydrogens is 364 g/mol. The summed E-state index contributed by atoms with van der Waals surface area (Å²) in [5.74, 6) is -0.189. The monoisotopic (exact) mass is 391 g/mol. The van der Waals surface area contributed by atoms with Crippen LogP contribution in [0.1, 0.15) is 12.5 Å². The van der Waals surface area contributed by atoms with Crippen LogP contribution in [0, 0.1) is 11.6 Å². The van der Waals surface area contributed by atoms with Crippen molar-refractivity contribution in [2.45, 2.75) is 19.5 Å². The summed E-state index contributed by atoms with van der Waals surface area (Å²) in [6.45, 7) is 5.92. The van der Waals surface area contributed by atoms with E-state index in [-0.39, 0.29) is 23.5 Å². The van der Waals surface area contributed by atoms with Crippen LogP contribution in [0.3, 0.4) is 0 Å². The molecule has 0 aromatic heterocycles. The van der Waals surface area contributed by atoms with E-state index in [1.807, 2.05) is 6.92 Å². The van der Waals surface area contributed by atoms with E-state index in [2.05, 4.69) is 5.32 Å². The summed E-state index contributed by atoms with van der Waals surface area (Å²) in [5, 5.41) is 2.68. The lowest BCUT2D eigenvalue weighted by Crippen LogP contribution is -3.29. The molecule has 150 valence electrons. The number of para-hydroxylation sites is 1. The second-order valence-corrected chi connectivity index (χ2v) is 7.23. The third-order valence-corrected chi connectivity index (χ3v) is 5.42. The average Bonchev–Trinajstić information content (AvgIpc) is 2.70. The number of carbonyl (C=O) groups is 1. The van der Waals surface area contributed by atoms with Gasteiger partial charge in [-0.25, -0.2) is 8.78 Å². The predicted molar refractivity (Wildman–Crippen MR) is 103 cm³/mol. The molecule has 2 aromatic rings. The van der Waals surface area contributed by atoms with Gasteiger partial charge in [0, 0.05) is 0 Å². The highest BCUT2D eigenvalue weighted by Gasteiger charge is 2.31. The van der Waals surface area contributed by atoms with Crippen LogP contribution in [0.25, 0.3) is 0 Å². The summed E-state index contributed by atoms with van der Waals surface area (Å²) in [7, 11) is 1.59. The van der Waals surface area contributed by atoms with Crippen LogP contribution in [0.15, 0.2) is 42.5 Å².